The number of hydrogen-bond acceptors (Lipinski definition) is 2. The minimum atomic E-state index is 0.868. The van der Waals surface area contributed by atoms with Gasteiger partial charge in [0.15, 0.2) is 0 Å². The van der Waals surface area contributed by atoms with E-state index < -0.39 is 0 Å². The highest BCUT2D eigenvalue weighted by Crippen LogP contribution is 2.47. The van der Waals surface area contributed by atoms with Crippen molar-refractivity contribution in [3.63, 3.8) is 0 Å². The molecule has 54 heavy (non-hydrogen) atoms. The van der Waals surface area contributed by atoms with Crippen LogP contribution in [-0.4, -0.2) is 0 Å². The van der Waals surface area contributed by atoms with Gasteiger partial charge in [0.2, 0.25) is 0 Å². The third kappa shape index (κ3) is 5.53. The van der Waals surface area contributed by atoms with Crippen LogP contribution in [-0.2, 0) is 0 Å². The van der Waals surface area contributed by atoms with Crippen LogP contribution in [0, 0.1) is 0 Å². The third-order valence-corrected chi connectivity index (χ3v) is 10.5. The van der Waals surface area contributed by atoms with Crippen LogP contribution in [0.4, 0.5) is 17.1 Å². The molecule has 0 atom stereocenters. The third-order valence-electron chi connectivity index (χ3n) is 10.5. The topological polar surface area (TPSA) is 16.4 Å². The van der Waals surface area contributed by atoms with Gasteiger partial charge in [-0.3, -0.25) is 0 Å². The molecule has 0 radical (unpaired) electrons. The summed E-state index contributed by atoms with van der Waals surface area (Å²) >= 11 is 0. The lowest BCUT2D eigenvalue weighted by Gasteiger charge is -2.28. The van der Waals surface area contributed by atoms with E-state index in [0.29, 0.717) is 0 Å². The van der Waals surface area contributed by atoms with Crippen LogP contribution in [0.3, 0.4) is 0 Å². The SMILES string of the molecule is c1ccc(-c2ccccc2-c2cccc(N(c3cccc(-c4cccc5ccccc45)c3)c3ccc(-c4ccccc4)c4oc5ccccc5c34)c2)cc1. The van der Waals surface area contributed by atoms with E-state index in [2.05, 4.69) is 211 Å². The molecule has 1 heterocycles. The maximum Gasteiger partial charge on any atom is 0.145 e. The molecule has 0 unspecified atom stereocenters. The summed E-state index contributed by atoms with van der Waals surface area (Å²) in [6.45, 7) is 0. The summed E-state index contributed by atoms with van der Waals surface area (Å²) in [6, 6.07) is 75.8. The molecule has 254 valence electrons. The molecular weight excluding hydrogens is 655 g/mol. The predicted molar refractivity (Wildman–Crippen MR) is 228 cm³/mol. The fourth-order valence-corrected chi connectivity index (χ4v) is 7.98. The Labute approximate surface area is 314 Å². The summed E-state index contributed by atoms with van der Waals surface area (Å²) < 4.78 is 6.77. The second kappa shape index (κ2) is 13.4. The Morgan fingerprint density at radius 3 is 1.56 bits per heavy atom. The lowest BCUT2D eigenvalue weighted by molar-refractivity contribution is 0.670. The van der Waals surface area contributed by atoms with Crippen molar-refractivity contribution >= 4 is 49.8 Å². The first-order chi connectivity index (χ1) is 26.8. The molecular formula is C52H35NO. The Morgan fingerprint density at radius 1 is 0.333 bits per heavy atom. The zero-order chi connectivity index (χ0) is 35.8. The van der Waals surface area contributed by atoms with Gasteiger partial charge < -0.3 is 9.32 Å². The Bertz CT molecular complexity index is 2940. The van der Waals surface area contributed by atoms with Crippen molar-refractivity contribution in [2.45, 2.75) is 0 Å². The Morgan fingerprint density at radius 2 is 0.833 bits per heavy atom. The largest absolute Gasteiger partial charge is 0.455 e. The maximum atomic E-state index is 6.77. The van der Waals surface area contributed by atoms with E-state index in [-0.39, 0.29) is 0 Å². The van der Waals surface area contributed by atoms with Crippen LogP contribution in [0.1, 0.15) is 0 Å². The monoisotopic (exact) mass is 689 g/mol. The summed E-state index contributed by atoms with van der Waals surface area (Å²) in [5, 5.41) is 4.63. The number of hydrogen-bond donors (Lipinski definition) is 0. The summed E-state index contributed by atoms with van der Waals surface area (Å²) in [6.07, 6.45) is 0. The molecule has 10 aromatic rings. The van der Waals surface area contributed by atoms with Crippen LogP contribution < -0.4 is 4.90 Å². The molecule has 0 aliphatic rings. The minimum absolute atomic E-state index is 0.868. The fraction of sp³-hybridized carbons (Fsp3) is 0. The fourth-order valence-electron chi connectivity index (χ4n) is 7.98. The van der Waals surface area contributed by atoms with E-state index in [0.717, 1.165) is 61.3 Å². The molecule has 2 heteroatoms. The number of fused-ring (bicyclic) bond motifs is 4. The number of anilines is 3. The first kappa shape index (κ1) is 31.6. The highest BCUT2D eigenvalue weighted by molar-refractivity contribution is 6.17. The molecule has 0 saturated carbocycles. The number of rotatable bonds is 7. The van der Waals surface area contributed by atoms with Gasteiger partial charge in [-0.15, -0.1) is 0 Å². The molecule has 0 bridgehead atoms. The average Bonchev–Trinajstić information content (AvgIpc) is 3.65. The standard InChI is InChI=1S/C52H35NO/c1-3-16-36(17-4-1)43-27-9-10-28-45(43)39-22-13-24-41(34-39)53(42-25-14-23-40(35-42)46-30-15-21-37-20-7-8-26-44(37)46)49-33-32-47(38-18-5-2-6-19-38)52-51(49)48-29-11-12-31-50(48)54-52/h1-35H. The van der Waals surface area contributed by atoms with Gasteiger partial charge in [-0.05, 0) is 92.2 Å². The second-order valence-corrected chi connectivity index (χ2v) is 13.7. The van der Waals surface area contributed by atoms with Crippen LogP contribution in [0.25, 0.3) is 77.2 Å². The number of nitrogens with zero attached hydrogens (tertiary/aromatic N) is 1. The summed E-state index contributed by atoms with van der Waals surface area (Å²) in [5.74, 6) is 0. The zero-order valence-electron chi connectivity index (χ0n) is 29.6. The van der Waals surface area contributed by atoms with Crippen molar-refractivity contribution in [1.29, 1.82) is 0 Å². The average molecular weight is 690 g/mol. The minimum Gasteiger partial charge on any atom is -0.455 e. The normalized spacial score (nSPS) is 11.3. The van der Waals surface area contributed by atoms with Crippen molar-refractivity contribution < 1.29 is 4.42 Å². The molecule has 0 amide bonds. The molecule has 9 aromatic carbocycles. The van der Waals surface area contributed by atoms with Crippen molar-refractivity contribution in [3.8, 4) is 44.5 Å². The lowest BCUT2D eigenvalue weighted by atomic mass is 9.94. The molecule has 0 fully saturated rings. The van der Waals surface area contributed by atoms with Crippen molar-refractivity contribution in [2.24, 2.45) is 0 Å². The van der Waals surface area contributed by atoms with Crippen LogP contribution >= 0.6 is 0 Å². The molecule has 10 rings (SSSR count). The Hall–Kier alpha value is -7.16. The zero-order valence-corrected chi connectivity index (χ0v) is 29.6. The van der Waals surface area contributed by atoms with E-state index in [9.17, 15) is 0 Å². The molecule has 0 N–H and O–H groups in total. The van der Waals surface area contributed by atoms with E-state index in [4.69, 9.17) is 4.42 Å². The van der Waals surface area contributed by atoms with Gasteiger partial charge in [-0.1, -0.05) is 170 Å². The highest BCUT2D eigenvalue weighted by atomic mass is 16.3. The van der Waals surface area contributed by atoms with E-state index in [1.807, 2.05) is 6.07 Å². The summed E-state index contributed by atoms with van der Waals surface area (Å²) in [7, 11) is 0. The molecule has 0 saturated heterocycles. The molecule has 0 spiro atoms. The molecule has 1 aromatic heterocycles. The quantitative estimate of drug-likeness (QED) is 0.166. The van der Waals surface area contributed by atoms with Crippen molar-refractivity contribution in [1.82, 2.24) is 0 Å². The smallest absolute Gasteiger partial charge is 0.145 e. The first-order valence-electron chi connectivity index (χ1n) is 18.4. The highest BCUT2D eigenvalue weighted by Gasteiger charge is 2.23. The second-order valence-electron chi connectivity index (χ2n) is 13.7. The summed E-state index contributed by atoms with van der Waals surface area (Å²) in [5.41, 5.74) is 14.2. The van der Waals surface area contributed by atoms with Gasteiger partial charge in [0.05, 0.1) is 11.1 Å². The van der Waals surface area contributed by atoms with E-state index in [1.165, 1.54) is 33.0 Å². The predicted octanol–water partition coefficient (Wildman–Crippen LogP) is 14.9. The van der Waals surface area contributed by atoms with Gasteiger partial charge in [0.1, 0.15) is 11.2 Å². The molecule has 2 nitrogen and oxygen atoms in total. The number of furan rings is 1. The van der Waals surface area contributed by atoms with Gasteiger partial charge in [0.25, 0.3) is 0 Å². The molecule has 0 aliphatic heterocycles. The lowest BCUT2D eigenvalue weighted by Crippen LogP contribution is -2.11. The van der Waals surface area contributed by atoms with Gasteiger partial charge in [0, 0.05) is 22.3 Å². The van der Waals surface area contributed by atoms with Crippen LogP contribution in [0.15, 0.2) is 217 Å². The van der Waals surface area contributed by atoms with Gasteiger partial charge in [-0.2, -0.15) is 0 Å². The van der Waals surface area contributed by atoms with Crippen molar-refractivity contribution in [2.75, 3.05) is 4.90 Å². The van der Waals surface area contributed by atoms with Crippen molar-refractivity contribution in [3.05, 3.63) is 212 Å². The Balaban J connectivity index is 1.23. The number of para-hydroxylation sites is 1. The van der Waals surface area contributed by atoms with Gasteiger partial charge in [-0.25, -0.2) is 0 Å². The van der Waals surface area contributed by atoms with E-state index >= 15 is 0 Å². The number of benzene rings is 9. The van der Waals surface area contributed by atoms with Gasteiger partial charge >= 0.3 is 0 Å². The summed E-state index contributed by atoms with van der Waals surface area (Å²) in [4.78, 5) is 2.41. The van der Waals surface area contributed by atoms with Crippen LogP contribution in [0.5, 0.6) is 0 Å². The maximum absolute atomic E-state index is 6.77. The van der Waals surface area contributed by atoms with Crippen LogP contribution in [0.2, 0.25) is 0 Å². The first-order valence-corrected chi connectivity index (χ1v) is 18.4. The Kier molecular flexibility index (Phi) is 7.85. The van der Waals surface area contributed by atoms with E-state index in [1.54, 1.807) is 0 Å². The molecule has 0 aliphatic carbocycles.